The van der Waals surface area contributed by atoms with Crippen molar-refractivity contribution in [2.45, 2.75) is 25.4 Å². The lowest BCUT2D eigenvalue weighted by molar-refractivity contribution is -0.140. The third-order valence-electron chi connectivity index (χ3n) is 5.12. The second-order valence-electron chi connectivity index (χ2n) is 7.20. The molecule has 0 aliphatic carbocycles. The van der Waals surface area contributed by atoms with Gasteiger partial charge >= 0.3 is 0 Å². The van der Waals surface area contributed by atoms with Gasteiger partial charge in [0.15, 0.2) is 0 Å². The molecule has 3 aromatic carbocycles. The van der Waals surface area contributed by atoms with Crippen LogP contribution in [-0.2, 0) is 29.0 Å². The van der Waals surface area contributed by atoms with E-state index < -0.39 is 6.04 Å². The molecule has 0 aliphatic rings. The monoisotopic (exact) mass is 454 g/mol. The lowest BCUT2D eigenvalue weighted by Crippen LogP contribution is -2.50. The molecule has 0 fully saturated rings. The van der Waals surface area contributed by atoms with Gasteiger partial charge in [-0.2, -0.15) is 0 Å². The molecule has 4 nitrogen and oxygen atoms in total. The van der Waals surface area contributed by atoms with Gasteiger partial charge in [-0.15, -0.1) is 0 Å². The Labute approximate surface area is 192 Å². The van der Waals surface area contributed by atoms with Crippen molar-refractivity contribution in [2.24, 2.45) is 0 Å². The maximum Gasteiger partial charge on any atom is 0.242 e. The molecular weight excluding hydrogens is 431 g/mol. The van der Waals surface area contributed by atoms with E-state index in [0.717, 1.165) is 11.1 Å². The average Bonchev–Trinajstić information content (AvgIpc) is 2.79. The van der Waals surface area contributed by atoms with Crippen LogP contribution in [0.25, 0.3) is 0 Å². The Hall–Kier alpha value is -2.82. The molecule has 160 valence electrons. The molecule has 0 spiro atoms. The highest BCUT2D eigenvalue weighted by Crippen LogP contribution is 2.22. The van der Waals surface area contributed by atoms with Gasteiger partial charge in [0.2, 0.25) is 11.8 Å². The molecule has 0 bridgehead atoms. The SMILES string of the molecule is CNC(=O)[C@@H](Cc1ccccc1)N(Cc1ccccc1Cl)C(=O)Cc1ccccc1Cl. The Morgan fingerprint density at radius 3 is 1.97 bits per heavy atom. The zero-order valence-electron chi connectivity index (χ0n) is 17.2. The van der Waals surface area contributed by atoms with Crippen LogP contribution in [0, 0.1) is 0 Å². The highest BCUT2D eigenvalue weighted by molar-refractivity contribution is 6.31. The molecule has 0 unspecified atom stereocenters. The first-order valence-electron chi connectivity index (χ1n) is 10.0. The molecule has 6 heteroatoms. The van der Waals surface area contributed by atoms with Gasteiger partial charge in [-0.3, -0.25) is 9.59 Å². The van der Waals surface area contributed by atoms with Crippen molar-refractivity contribution in [1.82, 2.24) is 10.2 Å². The van der Waals surface area contributed by atoms with E-state index in [0.29, 0.717) is 22.0 Å². The molecule has 1 N–H and O–H groups in total. The van der Waals surface area contributed by atoms with Crippen LogP contribution >= 0.6 is 23.2 Å². The third-order valence-corrected chi connectivity index (χ3v) is 5.85. The van der Waals surface area contributed by atoms with Crippen molar-refractivity contribution in [3.05, 3.63) is 106 Å². The van der Waals surface area contributed by atoms with E-state index in [1.165, 1.54) is 0 Å². The van der Waals surface area contributed by atoms with Gasteiger partial charge in [0.1, 0.15) is 6.04 Å². The van der Waals surface area contributed by atoms with Crippen LogP contribution in [0.4, 0.5) is 0 Å². The first-order valence-corrected chi connectivity index (χ1v) is 10.8. The van der Waals surface area contributed by atoms with Gasteiger partial charge in [0.25, 0.3) is 0 Å². The number of nitrogens with one attached hydrogen (secondary N) is 1. The quantitative estimate of drug-likeness (QED) is 0.524. The third kappa shape index (κ3) is 6.09. The fourth-order valence-corrected chi connectivity index (χ4v) is 3.83. The summed E-state index contributed by atoms with van der Waals surface area (Å²) in [7, 11) is 1.58. The number of hydrogen-bond donors (Lipinski definition) is 1. The van der Waals surface area contributed by atoms with Crippen LogP contribution in [-0.4, -0.2) is 29.8 Å². The number of rotatable bonds is 8. The maximum atomic E-state index is 13.5. The van der Waals surface area contributed by atoms with Gasteiger partial charge in [0, 0.05) is 30.1 Å². The topological polar surface area (TPSA) is 49.4 Å². The van der Waals surface area contributed by atoms with Crippen LogP contribution in [0.5, 0.6) is 0 Å². The van der Waals surface area contributed by atoms with Gasteiger partial charge in [-0.25, -0.2) is 0 Å². The minimum atomic E-state index is -0.696. The molecular formula is C25H24Cl2N2O2. The Morgan fingerprint density at radius 2 is 1.39 bits per heavy atom. The van der Waals surface area contributed by atoms with Crippen molar-refractivity contribution < 1.29 is 9.59 Å². The summed E-state index contributed by atoms with van der Waals surface area (Å²) in [5.41, 5.74) is 2.46. The molecule has 0 saturated carbocycles. The lowest BCUT2D eigenvalue weighted by Gasteiger charge is -2.31. The summed E-state index contributed by atoms with van der Waals surface area (Å²) in [6, 6.07) is 23.5. The summed E-state index contributed by atoms with van der Waals surface area (Å²) in [5, 5.41) is 3.78. The number of carbonyl (C=O) groups is 2. The zero-order chi connectivity index (χ0) is 22.2. The van der Waals surface area contributed by atoms with E-state index >= 15 is 0 Å². The number of hydrogen-bond acceptors (Lipinski definition) is 2. The predicted molar refractivity (Wildman–Crippen MR) is 125 cm³/mol. The minimum Gasteiger partial charge on any atom is -0.357 e. The molecule has 31 heavy (non-hydrogen) atoms. The normalized spacial score (nSPS) is 11.6. The van der Waals surface area contributed by atoms with Crippen LogP contribution in [0.2, 0.25) is 10.0 Å². The summed E-state index contributed by atoms with van der Waals surface area (Å²) in [6.45, 7) is 0.216. The molecule has 2 amide bonds. The van der Waals surface area contributed by atoms with E-state index in [9.17, 15) is 9.59 Å². The molecule has 0 aromatic heterocycles. The fourth-order valence-electron chi connectivity index (χ4n) is 3.44. The van der Waals surface area contributed by atoms with Crippen LogP contribution in [0.1, 0.15) is 16.7 Å². The van der Waals surface area contributed by atoms with Crippen LogP contribution in [0.3, 0.4) is 0 Å². The van der Waals surface area contributed by atoms with Crippen LogP contribution < -0.4 is 5.32 Å². The average molecular weight is 455 g/mol. The highest BCUT2D eigenvalue weighted by atomic mass is 35.5. The second kappa shape index (κ2) is 11.0. The Kier molecular flexibility index (Phi) is 8.10. The number of carbonyl (C=O) groups excluding carboxylic acids is 2. The zero-order valence-corrected chi connectivity index (χ0v) is 18.7. The van der Waals surface area contributed by atoms with E-state index in [4.69, 9.17) is 23.2 Å². The van der Waals surface area contributed by atoms with E-state index in [1.807, 2.05) is 66.7 Å². The molecule has 3 rings (SSSR count). The lowest BCUT2D eigenvalue weighted by atomic mass is 10.0. The van der Waals surface area contributed by atoms with E-state index in [2.05, 4.69) is 5.32 Å². The first kappa shape index (κ1) is 22.9. The smallest absolute Gasteiger partial charge is 0.242 e. The fraction of sp³-hybridized carbons (Fsp3) is 0.200. The summed E-state index contributed by atoms with van der Waals surface area (Å²) < 4.78 is 0. The van der Waals surface area contributed by atoms with Crippen molar-refractivity contribution in [2.75, 3.05) is 7.05 Å². The van der Waals surface area contributed by atoms with Gasteiger partial charge in [0.05, 0.1) is 6.42 Å². The molecule has 0 aliphatic heterocycles. The van der Waals surface area contributed by atoms with Crippen molar-refractivity contribution in [1.29, 1.82) is 0 Å². The van der Waals surface area contributed by atoms with Crippen molar-refractivity contribution >= 4 is 35.0 Å². The van der Waals surface area contributed by atoms with Crippen LogP contribution in [0.15, 0.2) is 78.9 Å². The second-order valence-corrected chi connectivity index (χ2v) is 8.02. The Balaban J connectivity index is 1.97. The van der Waals surface area contributed by atoms with Crippen molar-refractivity contribution in [3.63, 3.8) is 0 Å². The molecule has 0 radical (unpaired) electrons. The highest BCUT2D eigenvalue weighted by Gasteiger charge is 2.30. The number of halogens is 2. The first-order chi connectivity index (χ1) is 15.0. The number of nitrogens with zero attached hydrogens (tertiary/aromatic N) is 1. The summed E-state index contributed by atoms with van der Waals surface area (Å²) in [4.78, 5) is 28.0. The van der Waals surface area contributed by atoms with Gasteiger partial charge < -0.3 is 10.2 Å². The maximum absolute atomic E-state index is 13.5. The minimum absolute atomic E-state index is 0.0897. The van der Waals surface area contributed by atoms with E-state index in [1.54, 1.807) is 24.1 Å². The molecule has 3 aromatic rings. The molecule has 1 atom stereocenters. The van der Waals surface area contributed by atoms with Crippen molar-refractivity contribution in [3.8, 4) is 0 Å². The van der Waals surface area contributed by atoms with Gasteiger partial charge in [-0.1, -0.05) is 89.9 Å². The summed E-state index contributed by atoms with van der Waals surface area (Å²) in [5.74, 6) is -0.430. The standard InChI is InChI=1S/C25H24Cl2N2O2/c1-28-25(31)23(15-18-9-3-2-4-10-18)29(17-20-12-6-8-14-22(20)27)24(30)16-19-11-5-7-13-21(19)26/h2-14,23H,15-17H2,1H3,(H,28,31)/t23-/m1/s1. The predicted octanol–water partition coefficient (Wildman–Crippen LogP) is 4.92. The van der Waals surface area contributed by atoms with Gasteiger partial charge in [-0.05, 0) is 28.8 Å². The summed E-state index contributed by atoms with van der Waals surface area (Å²) in [6.07, 6.45) is 0.478. The molecule has 0 saturated heterocycles. The number of likely N-dealkylation sites (N-methyl/N-ethyl adjacent to an activating group) is 1. The Morgan fingerprint density at radius 1 is 0.839 bits per heavy atom. The largest absolute Gasteiger partial charge is 0.357 e. The Bertz CT molecular complexity index is 1040. The summed E-state index contributed by atoms with van der Waals surface area (Å²) >= 11 is 12.7. The molecule has 0 heterocycles. The number of benzene rings is 3. The van der Waals surface area contributed by atoms with E-state index in [-0.39, 0.29) is 24.8 Å². The number of amides is 2.